The van der Waals surface area contributed by atoms with Crippen molar-refractivity contribution in [3.05, 3.63) is 133 Å². The van der Waals surface area contributed by atoms with Crippen molar-refractivity contribution in [2.45, 2.75) is 13.1 Å². The highest BCUT2D eigenvalue weighted by atomic mass is 15.3. The zero-order valence-corrected chi connectivity index (χ0v) is 17.8. The summed E-state index contributed by atoms with van der Waals surface area (Å²) in [4.78, 5) is 0. The molecule has 4 nitrogen and oxygen atoms in total. The average Bonchev–Trinajstić information content (AvgIpc) is 3.44. The first-order valence-electron chi connectivity index (χ1n) is 10.8. The lowest BCUT2D eigenvalue weighted by Crippen LogP contribution is -2.00. The standard InChI is InChI=1S/2C14H12N2/c1-2-6-12(7-3-1)11-16-14-9-5-4-8-13(14)10-15-16;1-2-6-12(7-3-1)10-16-11-13-8-4-5-9-14(13)15-16/h1-10H,11H2;1-9,11H,10H2. The van der Waals surface area contributed by atoms with Gasteiger partial charge >= 0.3 is 0 Å². The number of aromatic nitrogens is 4. The molecule has 4 aromatic carbocycles. The SMILES string of the molecule is c1ccc(Cn2cc3ccccc3n2)cc1.c1ccc(Cn2ncc3ccccc32)cc1. The summed E-state index contributed by atoms with van der Waals surface area (Å²) in [6.45, 7) is 1.66. The summed E-state index contributed by atoms with van der Waals surface area (Å²) in [6, 6.07) is 37.2. The molecule has 4 heteroatoms. The largest absolute Gasteiger partial charge is 0.267 e. The Bertz CT molecular complexity index is 1370. The van der Waals surface area contributed by atoms with Gasteiger partial charge in [0.05, 0.1) is 30.3 Å². The predicted molar refractivity (Wildman–Crippen MR) is 131 cm³/mol. The van der Waals surface area contributed by atoms with E-state index in [1.807, 2.05) is 58.0 Å². The van der Waals surface area contributed by atoms with Gasteiger partial charge in [0.1, 0.15) is 0 Å². The molecule has 0 aliphatic heterocycles. The van der Waals surface area contributed by atoms with Gasteiger partial charge in [-0.05, 0) is 23.3 Å². The molecule has 0 radical (unpaired) electrons. The van der Waals surface area contributed by atoms with Crippen molar-refractivity contribution in [2.75, 3.05) is 0 Å². The Morgan fingerprint density at radius 3 is 1.88 bits per heavy atom. The molecule has 0 amide bonds. The minimum absolute atomic E-state index is 0.828. The molecule has 0 saturated carbocycles. The van der Waals surface area contributed by atoms with Crippen LogP contribution in [0.2, 0.25) is 0 Å². The molecular formula is C28H24N4. The number of hydrogen-bond acceptors (Lipinski definition) is 2. The van der Waals surface area contributed by atoms with Gasteiger partial charge in [-0.2, -0.15) is 10.2 Å². The molecule has 0 atom stereocenters. The molecule has 2 aromatic heterocycles. The molecule has 32 heavy (non-hydrogen) atoms. The topological polar surface area (TPSA) is 35.6 Å². The van der Waals surface area contributed by atoms with Crippen LogP contribution in [-0.4, -0.2) is 19.6 Å². The third kappa shape index (κ3) is 4.60. The lowest BCUT2D eigenvalue weighted by molar-refractivity contribution is 0.696. The maximum atomic E-state index is 4.52. The van der Waals surface area contributed by atoms with Crippen LogP contribution in [-0.2, 0) is 13.1 Å². The van der Waals surface area contributed by atoms with Gasteiger partial charge in [-0.3, -0.25) is 9.36 Å². The summed E-state index contributed by atoms with van der Waals surface area (Å²) in [5.41, 5.74) is 4.79. The van der Waals surface area contributed by atoms with Gasteiger partial charge in [-0.1, -0.05) is 97.1 Å². The number of benzene rings is 4. The third-order valence-corrected chi connectivity index (χ3v) is 5.37. The van der Waals surface area contributed by atoms with E-state index in [1.165, 1.54) is 27.4 Å². The first-order chi connectivity index (χ1) is 15.8. The molecule has 156 valence electrons. The van der Waals surface area contributed by atoms with Crippen molar-refractivity contribution in [3.8, 4) is 0 Å². The molecule has 2 heterocycles. The zero-order valence-electron chi connectivity index (χ0n) is 17.8. The van der Waals surface area contributed by atoms with Crippen molar-refractivity contribution in [1.29, 1.82) is 0 Å². The molecule has 6 aromatic rings. The fourth-order valence-corrected chi connectivity index (χ4v) is 3.78. The highest BCUT2D eigenvalue weighted by molar-refractivity contribution is 5.78. The molecule has 6 rings (SSSR count). The molecule has 0 aliphatic rings. The van der Waals surface area contributed by atoms with Crippen LogP contribution in [0, 0.1) is 0 Å². The van der Waals surface area contributed by atoms with E-state index in [1.54, 1.807) is 0 Å². The summed E-state index contributed by atoms with van der Waals surface area (Å²) in [7, 11) is 0. The number of fused-ring (bicyclic) bond motifs is 2. The smallest absolute Gasteiger partial charge is 0.0923 e. The molecule has 0 spiro atoms. The lowest BCUT2D eigenvalue weighted by atomic mass is 10.2. The van der Waals surface area contributed by atoms with Gasteiger partial charge in [0.15, 0.2) is 0 Å². The van der Waals surface area contributed by atoms with Gasteiger partial charge in [0.2, 0.25) is 0 Å². The van der Waals surface area contributed by atoms with Crippen molar-refractivity contribution >= 4 is 21.8 Å². The number of hydrogen-bond donors (Lipinski definition) is 0. The molecule has 0 unspecified atom stereocenters. The van der Waals surface area contributed by atoms with E-state index in [2.05, 4.69) is 83.1 Å². The van der Waals surface area contributed by atoms with E-state index in [9.17, 15) is 0 Å². The number of nitrogens with zero attached hydrogens (tertiary/aromatic N) is 4. The van der Waals surface area contributed by atoms with Crippen LogP contribution >= 0.6 is 0 Å². The lowest BCUT2D eigenvalue weighted by Gasteiger charge is -2.03. The quantitative estimate of drug-likeness (QED) is 0.344. The fraction of sp³-hybridized carbons (Fsp3) is 0.0714. The Labute approximate surface area is 187 Å². The summed E-state index contributed by atoms with van der Waals surface area (Å²) < 4.78 is 4.02. The van der Waals surface area contributed by atoms with Gasteiger partial charge in [0, 0.05) is 17.0 Å². The van der Waals surface area contributed by atoms with Crippen LogP contribution in [0.3, 0.4) is 0 Å². The van der Waals surface area contributed by atoms with E-state index in [0.29, 0.717) is 0 Å². The molecule has 0 N–H and O–H groups in total. The Morgan fingerprint density at radius 2 is 1.16 bits per heavy atom. The average molecular weight is 417 g/mol. The Kier molecular flexibility index (Phi) is 5.75. The molecule has 0 fully saturated rings. The third-order valence-electron chi connectivity index (χ3n) is 5.37. The minimum atomic E-state index is 0.828. The van der Waals surface area contributed by atoms with Crippen LogP contribution in [0.5, 0.6) is 0 Å². The first-order valence-corrected chi connectivity index (χ1v) is 10.8. The molecular weight excluding hydrogens is 392 g/mol. The van der Waals surface area contributed by atoms with Crippen LogP contribution in [0.15, 0.2) is 122 Å². The van der Waals surface area contributed by atoms with E-state index in [-0.39, 0.29) is 0 Å². The fourth-order valence-electron chi connectivity index (χ4n) is 3.78. The zero-order chi connectivity index (χ0) is 21.6. The Balaban J connectivity index is 0.000000135. The van der Waals surface area contributed by atoms with E-state index >= 15 is 0 Å². The highest BCUT2D eigenvalue weighted by Gasteiger charge is 2.02. The summed E-state index contributed by atoms with van der Waals surface area (Å²) >= 11 is 0. The van der Waals surface area contributed by atoms with Gasteiger partial charge in [0.25, 0.3) is 0 Å². The number of para-hydroxylation sites is 1. The van der Waals surface area contributed by atoms with Gasteiger partial charge in [-0.15, -0.1) is 0 Å². The van der Waals surface area contributed by atoms with Gasteiger partial charge < -0.3 is 0 Å². The second kappa shape index (κ2) is 9.31. The van der Waals surface area contributed by atoms with Gasteiger partial charge in [-0.25, -0.2) is 0 Å². The Morgan fingerprint density at radius 1 is 0.562 bits per heavy atom. The van der Waals surface area contributed by atoms with Crippen molar-refractivity contribution in [3.63, 3.8) is 0 Å². The number of rotatable bonds is 4. The second-order valence-corrected chi connectivity index (χ2v) is 7.72. The van der Waals surface area contributed by atoms with Crippen molar-refractivity contribution in [2.24, 2.45) is 0 Å². The second-order valence-electron chi connectivity index (χ2n) is 7.72. The van der Waals surface area contributed by atoms with Crippen LogP contribution in [0.25, 0.3) is 21.8 Å². The van der Waals surface area contributed by atoms with Crippen LogP contribution < -0.4 is 0 Å². The normalized spacial score (nSPS) is 10.8. The molecule has 0 bridgehead atoms. The maximum absolute atomic E-state index is 4.52. The van der Waals surface area contributed by atoms with Crippen molar-refractivity contribution in [1.82, 2.24) is 19.6 Å². The van der Waals surface area contributed by atoms with Crippen LogP contribution in [0.1, 0.15) is 11.1 Å². The monoisotopic (exact) mass is 416 g/mol. The van der Waals surface area contributed by atoms with Crippen LogP contribution in [0.4, 0.5) is 0 Å². The molecule has 0 saturated heterocycles. The van der Waals surface area contributed by atoms with E-state index < -0.39 is 0 Å². The summed E-state index contributed by atoms with van der Waals surface area (Å²) in [5, 5.41) is 11.3. The summed E-state index contributed by atoms with van der Waals surface area (Å²) in [5.74, 6) is 0. The predicted octanol–water partition coefficient (Wildman–Crippen LogP) is 6.17. The summed E-state index contributed by atoms with van der Waals surface area (Å²) in [6.07, 6.45) is 4.00. The molecule has 0 aliphatic carbocycles. The first kappa shape index (κ1) is 19.8. The minimum Gasteiger partial charge on any atom is -0.267 e. The van der Waals surface area contributed by atoms with E-state index in [4.69, 9.17) is 0 Å². The maximum Gasteiger partial charge on any atom is 0.0923 e. The Hall–Kier alpha value is -4.18. The van der Waals surface area contributed by atoms with Crippen molar-refractivity contribution < 1.29 is 0 Å². The van der Waals surface area contributed by atoms with E-state index in [0.717, 1.165) is 18.6 Å². The highest BCUT2D eigenvalue weighted by Crippen LogP contribution is 2.14.